The van der Waals surface area contributed by atoms with Crippen LogP contribution in [0.15, 0.2) is 274 Å². The average molecular weight is 981 g/mol. The number of hydrogen-bond acceptors (Lipinski definition) is 6. The fourth-order valence-corrected chi connectivity index (χ4v) is 14.2. The van der Waals surface area contributed by atoms with Crippen molar-refractivity contribution in [1.82, 2.24) is 0 Å². The summed E-state index contributed by atoms with van der Waals surface area (Å²) in [5.41, 5.74) is 19.2. The van der Waals surface area contributed by atoms with E-state index in [1.165, 1.54) is 63.7 Å². The topological polar surface area (TPSA) is 24.9 Å². The molecule has 346 valence electrons. The number of anilines is 6. The maximum absolute atomic E-state index is 6.94. The zero-order valence-corrected chi connectivity index (χ0v) is 41.6. The van der Waals surface area contributed by atoms with Crippen LogP contribution in [-0.4, -0.2) is 13.4 Å². The van der Waals surface area contributed by atoms with Crippen molar-refractivity contribution in [3.05, 3.63) is 255 Å². The van der Waals surface area contributed by atoms with Crippen LogP contribution in [0, 0.1) is 0 Å². The summed E-state index contributed by atoms with van der Waals surface area (Å²) in [5.74, 6) is 3.20. The second-order valence-corrected chi connectivity index (χ2v) is 21.3. The third-order valence-electron chi connectivity index (χ3n) is 14.8. The maximum atomic E-state index is 6.94. The van der Waals surface area contributed by atoms with Gasteiger partial charge in [-0.3, -0.25) is 0 Å². The third kappa shape index (κ3) is 7.20. The van der Waals surface area contributed by atoms with E-state index < -0.39 is 0 Å². The molecule has 0 saturated heterocycles. The standard InChI is InChI=1S/C66H42B2N2O2S2/c1-5-19-43(20-6-1)45-23-17-29-49(35-45)71-51-37-59-65-63(39-51)73-61-42-62-56(41-55(61)67(65)53-31-13-15-33-57(53)69(59)47-25-9-3-10-26-47)68-54-32-14-16-34-58(54)70(48-27-11-4-12-28-48)60-38-52(40-64(74-62)66(60)68)72-50-30-18-24-46(36-50)44-21-7-2-8-22-44/h1-42H. The van der Waals surface area contributed by atoms with E-state index >= 15 is 0 Å². The summed E-state index contributed by atoms with van der Waals surface area (Å²) in [7, 11) is 0. The van der Waals surface area contributed by atoms with E-state index in [9.17, 15) is 0 Å². The molecule has 74 heavy (non-hydrogen) atoms. The molecule has 4 aliphatic heterocycles. The summed E-state index contributed by atoms with van der Waals surface area (Å²) >= 11 is 3.72. The zero-order valence-electron chi connectivity index (χ0n) is 39.9. The van der Waals surface area contributed by atoms with Crippen LogP contribution in [0.1, 0.15) is 0 Å². The van der Waals surface area contributed by atoms with Crippen molar-refractivity contribution in [2.45, 2.75) is 19.6 Å². The Hall–Kier alpha value is -8.55. The molecule has 0 radical (unpaired) electrons. The van der Waals surface area contributed by atoms with Crippen LogP contribution in [0.3, 0.4) is 0 Å². The molecule has 0 fully saturated rings. The van der Waals surface area contributed by atoms with Crippen LogP contribution in [0.5, 0.6) is 23.0 Å². The quantitative estimate of drug-likeness (QED) is 0.141. The molecule has 11 aromatic carbocycles. The first kappa shape index (κ1) is 43.1. The van der Waals surface area contributed by atoms with E-state index in [1.807, 2.05) is 23.5 Å². The van der Waals surface area contributed by atoms with Crippen molar-refractivity contribution in [1.29, 1.82) is 0 Å². The van der Waals surface area contributed by atoms with Gasteiger partial charge in [-0.15, -0.1) is 0 Å². The van der Waals surface area contributed by atoms with Gasteiger partial charge in [0, 0.05) is 65.8 Å². The molecular weight excluding hydrogens is 938 g/mol. The molecule has 4 aliphatic rings. The Bertz CT molecular complexity index is 3750. The predicted molar refractivity (Wildman–Crippen MR) is 310 cm³/mol. The van der Waals surface area contributed by atoms with E-state index in [2.05, 4.69) is 265 Å². The van der Waals surface area contributed by atoms with Gasteiger partial charge in [-0.2, -0.15) is 0 Å². The smallest absolute Gasteiger partial charge is 0.249 e. The van der Waals surface area contributed by atoms with Crippen LogP contribution in [0.4, 0.5) is 34.1 Å². The molecule has 0 aromatic heterocycles. The number of ether oxygens (including phenoxy) is 2. The molecule has 0 N–H and O–H groups in total. The summed E-state index contributed by atoms with van der Waals surface area (Å²) in [5, 5.41) is 0. The molecule has 0 aliphatic carbocycles. The summed E-state index contributed by atoms with van der Waals surface area (Å²) < 4.78 is 13.9. The largest absolute Gasteiger partial charge is 0.457 e. The first-order valence-electron chi connectivity index (χ1n) is 25.1. The van der Waals surface area contributed by atoms with Crippen LogP contribution in [0.2, 0.25) is 0 Å². The SMILES string of the molecule is c1ccc(-c2cccc(Oc3cc4c5c(c3)N(c3ccccc3)c3ccccc3B5c3cc5c(cc3S4)Sc3cc(Oc4cccc(-c6ccccc6)c4)cc4c3B5c3ccccc3N4c3ccccc3)c2)cc1. The summed E-state index contributed by atoms with van der Waals surface area (Å²) in [4.78, 5) is 9.79. The van der Waals surface area contributed by atoms with Crippen molar-refractivity contribution >= 4 is 104 Å². The minimum atomic E-state index is -0.0129. The van der Waals surface area contributed by atoms with Crippen molar-refractivity contribution < 1.29 is 9.47 Å². The summed E-state index contributed by atoms with van der Waals surface area (Å²) in [6, 6.07) is 91.5. The Morgan fingerprint density at radius 1 is 0.270 bits per heavy atom. The van der Waals surface area contributed by atoms with Crippen molar-refractivity contribution in [2.75, 3.05) is 9.80 Å². The monoisotopic (exact) mass is 980 g/mol. The highest BCUT2D eigenvalue weighted by molar-refractivity contribution is 8.01. The minimum absolute atomic E-state index is 0.0129. The lowest BCUT2D eigenvalue weighted by atomic mass is 9.32. The highest BCUT2D eigenvalue weighted by Gasteiger charge is 2.46. The van der Waals surface area contributed by atoms with Gasteiger partial charge in [0.15, 0.2) is 0 Å². The molecule has 15 rings (SSSR count). The van der Waals surface area contributed by atoms with E-state index in [1.54, 1.807) is 0 Å². The number of rotatable bonds is 8. The fourth-order valence-electron chi connectivity index (χ4n) is 11.7. The van der Waals surface area contributed by atoms with Crippen molar-refractivity contribution in [2.24, 2.45) is 0 Å². The first-order valence-corrected chi connectivity index (χ1v) is 26.7. The number of fused-ring (bicyclic) bond motifs is 8. The van der Waals surface area contributed by atoms with Crippen LogP contribution < -0.4 is 52.1 Å². The minimum Gasteiger partial charge on any atom is -0.457 e. The Morgan fingerprint density at radius 2 is 0.662 bits per heavy atom. The van der Waals surface area contributed by atoms with Gasteiger partial charge >= 0.3 is 0 Å². The van der Waals surface area contributed by atoms with Crippen molar-refractivity contribution in [3.63, 3.8) is 0 Å². The number of hydrogen-bond donors (Lipinski definition) is 0. The Labute approximate surface area is 440 Å². The molecule has 11 aromatic rings. The van der Waals surface area contributed by atoms with Gasteiger partial charge in [-0.05, 0) is 123 Å². The number of benzene rings is 11. The van der Waals surface area contributed by atoms with Gasteiger partial charge in [0.05, 0.1) is 0 Å². The Balaban J connectivity index is 0.898. The van der Waals surface area contributed by atoms with Crippen molar-refractivity contribution in [3.8, 4) is 45.3 Å². The number of para-hydroxylation sites is 4. The van der Waals surface area contributed by atoms with Crippen LogP contribution in [-0.2, 0) is 0 Å². The fraction of sp³-hybridized carbons (Fsp3) is 0. The molecule has 0 amide bonds. The third-order valence-corrected chi connectivity index (χ3v) is 17.1. The lowest BCUT2D eigenvalue weighted by Crippen LogP contribution is -2.63. The highest BCUT2D eigenvalue weighted by Crippen LogP contribution is 2.48. The second-order valence-electron chi connectivity index (χ2n) is 19.2. The van der Waals surface area contributed by atoms with Gasteiger partial charge in [-0.25, -0.2) is 0 Å². The molecule has 0 atom stereocenters. The predicted octanol–water partition coefficient (Wildman–Crippen LogP) is 14.1. The zero-order chi connectivity index (χ0) is 48.7. The molecule has 4 heterocycles. The van der Waals surface area contributed by atoms with Crippen LogP contribution >= 0.6 is 23.5 Å². The van der Waals surface area contributed by atoms with Crippen LogP contribution in [0.25, 0.3) is 22.3 Å². The normalized spacial score (nSPS) is 13.2. The second kappa shape index (κ2) is 17.6. The maximum Gasteiger partial charge on any atom is 0.249 e. The van der Waals surface area contributed by atoms with E-state index in [4.69, 9.17) is 9.47 Å². The van der Waals surface area contributed by atoms with E-state index in [-0.39, 0.29) is 13.4 Å². The Kier molecular flexibility index (Phi) is 10.2. The molecule has 0 bridgehead atoms. The molecule has 0 spiro atoms. The van der Waals surface area contributed by atoms with Gasteiger partial charge in [0.1, 0.15) is 23.0 Å². The summed E-state index contributed by atoms with van der Waals surface area (Å²) in [6.45, 7) is -0.0257. The lowest BCUT2D eigenvalue weighted by molar-refractivity contribution is 0.481. The van der Waals surface area contributed by atoms with Gasteiger partial charge in [0.25, 0.3) is 0 Å². The molecular formula is C66H42B2N2O2S2. The van der Waals surface area contributed by atoms with Gasteiger partial charge in [-0.1, -0.05) is 198 Å². The molecule has 0 saturated carbocycles. The van der Waals surface area contributed by atoms with E-state index in [0.29, 0.717) is 0 Å². The Morgan fingerprint density at radius 3 is 1.11 bits per heavy atom. The average Bonchev–Trinajstić information content (AvgIpc) is 3.47. The molecule has 0 unspecified atom stereocenters. The van der Waals surface area contributed by atoms with Gasteiger partial charge < -0.3 is 19.3 Å². The first-order chi connectivity index (χ1) is 36.7. The lowest BCUT2D eigenvalue weighted by Gasteiger charge is -2.42. The number of nitrogens with zero attached hydrogens (tertiary/aromatic N) is 2. The molecule has 4 nitrogen and oxygen atoms in total. The van der Waals surface area contributed by atoms with Gasteiger partial charge in [0.2, 0.25) is 13.4 Å². The molecule has 8 heteroatoms. The highest BCUT2D eigenvalue weighted by atomic mass is 32.2. The van der Waals surface area contributed by atoms with E-state index in [0.717, 1.165) is 68.0 Å². The summed E-state index contributed by atoms with van der Waals surface area (Å²) in [6.07, 6.45) is 0.